The second-order valence-electron chi connectivity index (χ2n) is 3.70. The van der Waals surface area contributed by atoms with Crippen molar-refractivity contribution in [2.45, 2.75) is 39.0 Å². The Morgan fingerprint density at radius 2 is 1.75 bits per heavy atom. The highest BCUT2D eigenvalue weighted by Gasteiger charge is 2.28. The number of benzene rings is 1. The second-order valence-corrected chi connectivity index (χ2v) is 3.70. The summed E-state index contributed by atoms with van der Waals surface area (Å²) >= 11 is 0. The zero-order chi connectivity index (χ0) is 12.4. The summed E-state index contributed by atoms with van der Waals surface area (Å²) < 4.78 is 0. The molecule has 0 aromatic heterocycles. The van der Waals surface area contributed by atoms with Crippen LogP contribution in [0, 0.1) is 0 Å². The van der Waals surface area contributed by atoms with Gasteiger partial charge in [-0.3, -0.25) is 0 Å². The molecule has 2 heteroatoms. The van der Waals surface area contributed by atoms with Gasteiger partial charge in [-0.15, -0.1) is 0 Å². The van der Waals surface area contributed by atoms with Crippen LogP contribution in [-0.2, 0) is 5.41 Å². The largest absolute Gasteiger partial charge is 0.395 e. The first-order valence-electron chi connectivity index (χ1n) is 6.15. The van der Waals surface area contributed by atoms with Gasteiger partial charge in [-0.25, -0.2) is 0 Å². The van der Waals surface area contributed by atoms with E-state index in [9.17, 15) is 5.11 Å². The van der Waals surface area contributed by atoms with E-state index in [2.05, 4.69) is 19.1 Å². The van der Waals surface area contributed by atoms with Crippen molar-refractivity contribution in [3.8, 4) is 0 Å². The smallest absolute Gasteiger partial charge is 0.0528 e. The summed E-state index contributed by atoms with van der Waals surface area (Å²) in [6, 6.07) is 10.1. The number of nitrogens with two attached hydrogens (primary N) is 1. The molecule has 0 fully saturated rings. The molecule has 0 amide bonds. The molecule has 0 saturated carbocycles. The quantitative estimate of drug-likeness (QED) is 0.806. The van der Waals surface area contributed by atoms with E-state index in [4.69, 9.17) is 5.73 Å². The van der Waals surface area contributed by atoms with Gasteiger partial charge >= 0.3 is 0 Å². The lowest BCUT2D eigenvalue weighted by Crippen LogP contribution is -2.32. The lowest BCUT2D eigenvalue weighted by molar-refractivity contribution is 0.180. The van der Waals surface area contributed by atoms with Crippen LogP contribution in [0.25, 0.3) is 0 Å². The van der Waals surface area contributed by atoms with E-state index in [0.717, 1.165) is 12.8 Å². The van der Waals surface area contributed by atoms with Crippen molar-refractivity contribution < 1.29 is 5.11 Å². The zero-order valence-corrected chi connectivity index (χ0v) is 10.7. The molecular weight excluding hydrogens is 198 g/mol. The van der Waals surface area contributed by atoms with E-state index in [1.165, 1.54) is 5.56 Å². The summed E-state index contributed by atoms with van der Waals surface area (Å²) in [4.78, 5) is 0. The van der Waals surface area contributed by atoms with Crippen LogP contribution in [0.3, 0.4) is 0 Å². The van der Waals surface area contributed by atoms with Gasteiger partial charge in [0, 0.05) is 5.41 Å². The number of hydrogen-bond acceptors (Lipinski definition) is 2. The maximum Gasteiger partial charge on any atom is 0.0528 e. The van der Waals surface area contributed by atoms with Crippen molar-refractivity contribution in [2.24, 2.45) is 5.73 Å². The molecule has 0 radical (unpaired) electrons. The van der Waals surface area contributed by atoms with Crippen molar-refractivity contribution >= 4 is 0 Å². The SMILES string of the molecule is CC.CCC(CO)(CCN)c1ccccc1. The minimum atomic E-state index is -0.143. The van der Waals surface area contributed by atoms with Crippen LogP contribution in [0.1, 0.15) is 39.2 Å². The molecule has 0 aliphatic carbocycles. The third kappa shape index (κ3) is 3.62. The minimum Gasteiger partial charge on any atom is -0.395 e. The highest BCUT2D eigenvalue weighted by atomic mass is 16.3. The summed E-state index contributed by atoms with van der Waals surface area (Å²) in [7, 11) is 0. The second kappa shape index (κ2) is 8.31. The lowest BCUT2D eigenvalue weighted by Gasteiger charge is -2.30. The van der Waals surface area contributed by atoms with E-state index >= 15 is 0 Å². The van der Waals surface area contributed by atoms with Crippen molar-refractivity contribution in [1.82, 2.24) is 0 Å². The fourth-order valence-corrected chi connectivity index (χ4v) is 1.88. The molecule has 2 nitrogen and oxygen atoms in total. The van der Waals surface area contributed by atoms with E-state index < -0.39 is 0 Å². The van der Waals surface area contributed by atoms with Gasteiger partial charge in [0.25, 0.3) is 0 Å². The Kier molecular flexibility index (Phi) is 7.86. The fourth-order valence-electron chi connectivity index (χ4n) is 1.88. The maximum atomic E-state index is 9.51. The van der Waals surface area contributed by atoms with Gasteiger partial charge in [0.05, 0.1) is 6.61 Å². The van der Waals surface area contributed by atoms with Crippen molar-refractivity contribution in [2.75, 3.05) is 13.2 Å². The molecule has 0 bridgehead atoms. The molecular formula is C14H25NO. The Hall–Kier alpha value is -0.860. The Morgan fingerprint density at radius 3 is 2.12 bits per heavy atom. The predicted octanol–water partition coefficient (Wildman–Crippen LogP) is 2.70. The molecule has 1 atom stereocenters. The standard InChI is InChI=1S/C12H19NO.C2H6/c1-2-12(10-14,8-9-13)11-6-4-3-5-7-11;1-2/h3-7,14H,2,8-10,13H2,1H3;1-2H3. The van der Waals surface area contributed by atoms with Crippen LogP contribution in [0.2, 0.25) is 0 Å². The van der Waals surface area contributed by atoms with E-state index in [1.54, 1.807) is 0 Å². The summed E-state index contributed by atoms with van der Waals surface area (Å²) in [5.41, 5.74) is 6.64. The number of rotatable bonds is 5. The average Bonchev–Trinajstić information content (AvgIpc) is 2.39. The lowest BCUT2D eigenvalue weighted by atomic mass is 9.76. The molecule has 92 valence electrons. The summed E-state index contributed by atoms with van der Waals surface area (Å²) in [5, 5.41) is 9.51. The molecule has 1 unspecified atom stereocenters. The highest BCUT2D eigenvalue weighted by Crippen LogP contribution is 2.30. The zero-order valence-electron chi connectivity index (χ0n) is 10.7. The average molecular weight is 223 g/mol. The number of hydrogen-bond donors (Lipinski definition) is 2. The van der Waals surface area contributed by atoms with Crippen molar-refractivity contribution in [3.63, 3.8) is 0 Å². The van der Waals surface area contributed by atoms with Gasteiger partial charge in [0.2, 0.25) is 0 Å². The maximum absolute atomic E-state index is 9.51. The number of aliphatic hydroxyl groups excluding tert-OH is 1. The van der Waals surface area contributed by atoms with Crippen LogP contribution >= 0.6 is 0 Å². The highest BCUT2D eigenvalue weighted by molar-refractivity contribution is 5.25. The molecule has 0 heterocycles. The van der Waals surface area contributed by atoms with Crippen LogP contribution in [-0.4, -0.2) is 18.3 Å². The normalized spacial score (nSPS) is 13.6. The molecule has 1 aromatic carbocycles. The molecule has 1 aromatic rings. The van der Waals surface area contributed by atoms with Gasteiger partial charge < -0.3 is 10.8 Å². The number of aliphatic hydroxyl groups is 1. The Labute approximate surface area is 99.5 Å². The fraction of sp³-hybridized carbons (Fsp3) is 0.571. The van der Waals surface area contributed by atoms with Gasteiger partial charge in [0.15, 0.2) is 0 Å². The first kappa shape index (κ1) is 15.1. The molecule has 0 aliphatic heterocycles. The Bertz CT molecular complexity index is 255. The van der Waals surface area contributed by atoms with Gasteiger partial charge in [0.1, 0.15) is 0 Å². The van der Waals surface area contributed by atoms with E-state index in [1.807, 2.05) is 32.0 Å². The molecule has 0 saturated heterocycles. The molecule has 3 N–H and O–H groups in total. The first-order valence-corrected chi connectivity index (χ1v) is 6.15. The van der Waals surface area contributed by atoms with Gasteiger partial charge in [-0.05, 0) is 24.9 Å². The van der Waals surface area contributed by atoms with Crippen LogP contribution in [0.5, 0.6) is 0 Å². The van der Waals surface area contributed by atoms with Crippen molar-refractivity contribution in [3.05, 3.63) is 35.9 Å². The van der Waals surface area contributed by atoms with Gasteiger partial charge in [-0.1, -0.05) is 51.1 Å². The summed E-state index contributed by atoms with van der Waals surface area (Å²) in [6.07, 6.45) is 1.76. The van der Waals surface area contributed by atoms with Crippen LogP contribution in [0.15, 0.2) is 30.3 Å². The van der Waals surface area contributed by atoms with Crippen LogP contribution in [0.4, 0.5) is 0 Å². The predicted molar refractivity (Wildman–Crippen MR) is 70.5 cm³/mol. The van der Waals surface area contributed by atoms with E-state index in [0.29, 0.717) is 6.54 Å². The Morgan fingerprint density at radius 1 is 1.19 bits per heavy atom. The topological polar surface area (TPSA) is 46.2 Å². The van der Waals surface area contributed by atoms with Crippen LogP contribution < -0.4 is 5.73 Å². The molecule has 0 aliphatic rings. The summed E-state index contributed by atoms with van der Waals surface area (Å²) in [6.45, 7) is 6.88. The Balaban J connectivity index is 0.00000106. The van der Waals surface area contributed by atoms with Crippen molar-refractivity contribution in [1.29, 1.82) is 0 Å². The monoisotopic (exact) mass is 223 g/mol. The minimum absolute atomic E-state index is 0.143. The molecule has 0 spiro atoms. The third-order valence-corrected chi connectivity index (χ3v) is 2.99. The summed E-state index contributed by atoms with van der Waals surface area (Å²) in [5.74, 6) is 0. The third-order valence-electron chi connectivity index (χ3n) is 2.99. The van der Waals surface area contributed by atoms with E-state index in [-0.39, 0.29) is 12.0 Å². The first-order chi connectivity index (χ1) is 7.79. The molecule has 1 rings (SSSR count). The van der Waals surface area contributed by atoms with Gasteiger partial charge in [-0.2, -0.15) is 0 Å². The molecule has 16 heavy (non-hydrogen) atoms.